The zero-order chi connectivity index (χ0) is 26.0. The van der Waals surface area contributed by atoms with Gasteiger partial charge in [0.1, 0.15) is 17.3 Å². The molecular formula is C30H30FNO4. The molecule has 0 saturated carbocycles. The van der Waals surface area contributed by atoms with E-state index in [-0.39, 0.29) is 29.1 Å². The van der Waals surface area contributed by atoms with Gasteiger partial charge in [0, 0.05) is 6.54 Å². The number of nitrogens with zero attached hydrogens (tertiary/aromatic N) is 1. The molecule has 1 fully saturated rings. The van der Waals surface area contributed by atoms with Gasteiger partial charge in [0.25, 0.3) is 11.7 Å². The number of benzene rings is 3. The van der Waals surface area contributed by atoms with Crippen LogP contribution in [0.25, 0.3) is 5.76 Å². The molecule has 1 N–H and O–H groups in total. The molecule has 0 aromatic heterocycles. The minimum atomic E-state index is -0.769. The monoisotopic (exact) mass is 487 g/mol. The van der Waals surface area contributed by atoms with E-state index in [2.05, 4.69) is 20.8 Å². The van der Waals surface area contributed by atoms with Crippen molar-refractivity contribution in [1.29, 1.82) is 0 Å². The highest BCUT2D eigenvalue weighted by molar-refractivity contribution is 6.46. The second-order valence-electron chi connectivity index (χ2n) is 9.94. The molecule has 1 heterocycles. The van der Waals surface area contributed by atoms with E-state index in [1.807, 2.05) is 42.5 Å². The van der Waals surface area contributed by atoms with Crippen molar-refractivity contribution in [3.05, 3.63) is 106 Å². The molecule has 1 amide bonds. The molecule has 0 spiro atoms. The second-order valence-corrected chi connectivity index (χ2v) is 9.94. The maximum Gasteiger partial charge on any atom is 0.295 e. The zero-order valence-corrected chi connectivity index (χ0v) is 20.9. The average Bonchev–Trinajstić information content (AvgIpc) is 3.12. The topological polar surface area (TPSA) is 66.8 Å². The fourth-order valence-electron chi connectivity index (χ4n) is 4.50. The first kappa shape index (κ1) is 25.2. The summed E-state index contributed by atoms with van der Waals surface area (Å²) in [7, 11) is 1.50. The molecule has 5 nitrogen and oxygen atoms in total. The Labute approximate surface area is 210 Å². The Balaban J connectivity index is 1.83. The van der Waals surface area contributed by atoms with Gasteiger partial charge in [-0.15, -0.1) is 0 Å². The van der Waals surface area contributed by atoms with Gasteiger partial charge in [0.05, 0.1) is 24.3 Å². The van der Waals surface area contributed by atoms with E-state index in [0.29, 0.717) is 23.3 Å². The molecule has 36 heavy (non-hydrogen) atoms. The predicted molar refractivity (Wildman–Crippen MR) is 137 cm³/mol. The van der Waals surface area contributed by atoms with Crippen molar-refractivity contribution in [2.24, 2.45) is 0 Å². The fourth-order valence-corrected chi connectivity index (χ4v) is 4.50. The van der Waals surface area contributed by atoms with E-state index in [0.717, 1.165) is 11.1 Å². The molecule has 1 aliphatic heterocycles. The summed E-state index contributed by atoms with van der Waals surface area (Å²) in [5.41, 5.74) is 2.68. The van der Waals surface area contributed by atoms with Crippen LogP contribution in [0.3, 0.4) is 0 Å². The van der Waals surface area contributed by atoms with Crippen LogP contribution in [-0.2, 0) is 21.4 Å². The molecule has 1 aliphatic rings. The van der Waals surface area contributed by atoms with Crippen molar-refractivity contribution < 1.29 is 23.8 Å². The maximum atomic E-state index is 13.4. The van der Waals surface area contributed by atoms with Crippen molar-refractivity contribution in [1.82, 2.24) is 4.90 Å². The SMILES string of the molecule is COc1ccc(C(C)(C)C)cc1/C(O)=C1\C(=O)C(=O)N(CCc2ccc(F)cc2)C1c1ccccc1. The van der Waals surface area contributed by atoms with Crippen molar-refractivity contribution in [2.75, 3.05) is 13.7 Å². The van der Waals surface area contributed by atoms with Crippen molar-refractivity contribution >= 4 is 17.4 Å². The highest BCUT2D eigenvalue weighted by Gasteiger charge is 2.46. The first-order valence-electron chi connectivity index (χ1n) is 11.9. The van der Waals surface area contributed by atoms with Gasteiger partial charge in [-0.1, -0.05) is 69.3 Å². The van der Waals surface area contributed by atoms with Crippen molar-refractivity contribution in [2.45, 2.75) is 38.6 Å². The van der Waals surface area contributed by atoms with Gasteiger partial charge in [0.15, 0.2) is 0 Å². The number of methoxy groups -OCH3 is 1. The Morgan fingerprint density at radius 2 is 1.67 bits per heavy atom. The lowest BCUT2D eigenvalue weighted by Gasteiger charge is -2.26. The minimum absolute atomic E-state index is 0.0228. The number of hydrogen-bond acceptors (Lipinski definition) is 4. The molecule has 3 aromatic carbocycles. The molecule has 1 atom stereocenters. The Kier molecular flexibility index (Phi) is 6.97. The van der Waals surface area contributed by atoms with E-state index >= 15 is 0 Å². The van der Waals surface area contributed by atoms with E-state index < -0.39 is 17.7 Å². The van der Waals surface area contributed by atoms with Crippen molar-refractivity contribution in [3.63, 3.8) is 0 Å². The predicted octanol–water partition coefficient (Wildman–Crippen LogP) is 5.80. The average molecular weight is 488 g/mol. The molecule has 186 valence electrons. The number of halogens is 1. The van der Waals surface area contributed by atoms with Gasteiger partial charge in [-0.2, -0.15) is 0 Å². The summed E-state index contributed by atoms with van der Waals surface area (Å²) in [6.07, 6.45) is 0.430. The zero-order valence-electron chi connectivity index (χ0n) is 20.9. The number of aliphatic hydroxyl groups excluding tert-OH is 1. The van der Waals surface area contributed by atoms with E-state index in [1.54, 1.807) is 18.2 Å². The molecule has 0 bridgehead atoms. The van der Waals surface area contributed by atoms with Crippen molar-refractivity contribution in [3.8, 4) is 5.75 Å². The normalized spacial score (nSPS) is 17.5. The van der Waals surface area contributed by atoms with Crippen LogP contribution in [0.1, 0.15) is 49.1 Å². The van der Waals surface area contributed by atoms with Gasteiger partial charge < -0.3 is 14.7 Å². The first-order chi connectivity index (χ1) is 17.1. The van der Waals surface area contributed by atoms with Crippen LogP contribution in [0.15, 0.2) is 78.4 Å². The standard InChI is InChI=1S/C30H30FNO4/c1-30(2,3)21-12-15-24(36-4)23(18-21)27(33)25-26(20-8-6-5-7-9-20)32(29(35)28(25)34)17-16-19-10-13-22(31)14-11-19/h5-15,18,26,33H,16-17H2,1-4H3/b27-25+. The lowest BCUT2D eigenvalue weighted by molar-refractivity contribution is -0.139. The Morgan fingerprint density at radius 3 is 2.28 bits per heavy atom. The summed E-state index contributed by atoms with van der Waals surface area (Å²) in [4.78, 5) is 28.1. The van der Waals surface area contributed by atoms with Gasteiger partial charge in [0.2, 0.25) is 0 Å². The number of rotatable bonds is 6. The number of amides is 1. The van der Waals surface area contributed by atoms with Gasteiger partial charge in [-0.05, 0) is 52.8 Å². The molecule has 0 radical (unpaired) electrons. The van der Waals surface area contributed by atoms with Crippen LogP contribution in [-0.4, -0.2) is 35.4 Å². The van der Waals surface area contributed by atoms with E-state index in [1.165, 1.54) is 24.1 Å². The number of carbonyl (C=O) groups excluding carboxylic acids is 2. The number of ether oxygens (including phenoxy) is 1. The number of carbonyl (C=O) groups is 2. The van der Waals surface area contributed by atoms with Crippen LogP contribution >= 0.6 is 0 Å². The Hall–Kier alpha value is -3.93. The van der Waals surface area contributed by atoms with E-state index in [4.69, 9.17) is 4.74 Å². The Morgan fingerprint density at radius 1 is 1.00 bits per heavy atom. The first-order valence-corrected chi connectivity index (χ1v) is 11.9. The van der Waals surface area contributed by atoms with E-state index in [9.17, 15) is 19.1 Å². The molecular weight excluding hydrogens is 457 g/mol. The summed E-state index contributed by atoms with van der Waals surface area (Å²) in [6.45, 7) is 6.39. The highest BCUT2D eigenvalue weighted by atomic mass is 19.1. The quantitative estimate of drug-likeness (QED) is 0.271. The number of ketones is 1. The number of likely N-dealkylation sites (tertiary alicyclic amines) is 1. The lowest BCUT2D eigenvalue weighted by atomic mass is 9.85. The molecule has 4 rings (SSSR count). The molecule has 1 unspecified atom stereocenters. The fraction of sp³-hybridized carbons (Fsp3) is 0.267. The highest BCUT2D eigenvalue weighted by Crippen LogP contribution is 2.41. The van der Waals surface area contributed by atoms with Crippen LogP contribution in [0.4, 0.5) is 4.39 Å². The smallest absolute Gasteiger partial charge is 0.295 e. The van der Waals surface area contributed by atoms with Crippen LogP contribution in [0.2, 0.25) is 0 Å². The third kappa shape index (κ3) is 4.89. The molecule has 6 heteroatoms. The summed E-state index contributed by atoms with van der Waals surface area (Å²) in [5.74, 6) is -1.63. The lowest BCUT2D eigenvalue weighted by Crippen LogP contribution is -2.31. The number of aliphatic hydroxyl groups is 1. The summed E-state index contributed by atoms with van der Waals surface area (Å²) in [5, 5.41) is 11.5. The number of hydrogen-bond donors (Lipinski definition) is 1. The summed E-state index contributed by atoms with van der Waals surface area (Å²) in [6, 6.07) is 19.9. The third-order valence-corrected chi connectivity index (χ3v) is 6.53. The summed E-state index contributed by atoms with van der Waals surface area (Å²) < 4.78 is 18.8. The minimum Gasteiger partial charge on any atom is -0.507 e. The molecule has 1 saturated heterocycles. The van der Waals surface area contributed by atoms with Crippen LogP contribution < -0.4 is 4.74 Å². The molecule has 3 aromatic rings. The van der Waals surface area contributed by atoms with Crippen LogP contribution in [0.5, 0.6) is 5.75 Å². The second kappa shape index (κ2) is 9.97. The Bertz CT molecular complexity index is 1310. The number of Topliss-reactive ketones (excluding diaryl/α,β-unsaturated/α-hetero) is 1. The maximum absolute atomic E-state index is 13.4. The molecule has 0 aliphatic carbocycles. The largest absolute Gasteiger partial charge is 0.507 e. The summed E-state index contributed by atoms with van der Waals surface area (Å²) >= 11 is 0. The third-order valence-electron chi connectivity index (χ3n) is 6.53. The van der Waals surface area contributed by atoms with Gasteiger partial charge in [-0.25, -0.2) is 4.39 Å². The van der Waals surface area contributed by atoms with Gasteiger partial charge in [-0.3, -0.25) is 9.59 Å². The van der Waals surface area contributed by atoms with Crippen LogP contribution in [0, 0.1) is 5.82 Å². The van der Waals surface area contributed by atoms with Gasteiger partial charge >= 0.3 is 0 Å².